The summed E-state index contributed by atoms with van der Waals surface area (Å²) in [6.07, 6.45) is 8.45. The van der Waals surface area contributed by atoms with Crippen LogP contribution < -0.4 is 16.0 Å². The Morgan fingerprint density at radius 2 is 2.09 bits per heavy atom. The van der Waals surface area contributed by atoms with Crippen LogP contribution in [0, 0.1) is 0 Å². The SMILES string of the molecule is C/C=C(\C=C/CC)C(=O)NCC(=O)Nc1nc(-c2cccc(C3CCCOC3)c2)cs1.CNC. The molecule has 8 heteroatoms. The standard InChI is InChI=1S/C24H29N3O3S.C2H7N/c1-3-5-8-17(4-2)23(29)25-14-22(28)27-24-26-21(16-31-24)19-10-6-9-18(13-19)20-11-7-12-30-15-20;1-3-2/h4-6,8-10,13,16,20H,3,7,11-12,14-15H2,1-2H3,(H,25,29)(H,26,27,28);3H,1-2H3/b8-5-,17-4+;. The number of anilines is 1. The predicted molar refractivity (Wildman–Crippen MR) is 140 cm³/mol. The number of carbonyl (C=O) groups is 2. The van der Waals surface area contributed by atoms with Crippen LogP contribution in [0.25, 0.3) is 11.3 Å². The molecule has 0 radical (unpaired) electrons. The maximum absolute atomic E-state index is 12.2. The lowest BCUT2D eigenvalue weighted by atomic mass is 9.92. The maximum Gasteiger partial charge on any atom is 0.251 e. The van der Waals surface area contributed by atoms with Gasteiger partial charge in [-0.3, -0.25) is 9.59 Å². The number of thiazole rings is 1. The van der Waals surface area contributed by atoms with E-state index in [9.17, 15) is 9.59 Å². The molecular formula is C26H36N4O3S. The number of nitrogens with one attached hydrogen (secondary N) is 3. The summed E-state index contributed by atoms with van der Waals surface area (Å²) in [6, 6.07) is 8.35. The first-order valence-corrected chi connectivity index (χ1v) is 12.5. The first-order valence-electron chi connectivity index (χ1n) is 11.6. The second kappa shape index (κ2) is 15.2. The van der Waals surface area contributed by atoms with Crippen LogP contribution in [0.2, 0.25) is 0 Å². The zero-order valence-electron chi connectivity index (χ0n) is 20.5. The van der Waals surface area contributed by atoms with E-state index < -0.39 is 0 Å². The lowest BCUT2D eigenvalue weighted by Gasteiger charge is -2.22. The molecule has 2 amide bonds. The Bertz CT molecular complexity index is 978. The molecule has 3 rings (SSSR count). The Kier molecular flexibility index (Phi) is 12.2. The molecule has 1 saturated heterocycles. The molecule has 7 nitrogen and oxygen atoms in total. The van der Waals surface area contributed by atoms with E-state index in [0.717, 1.165) is 43.7 Å². The molecule has 1 aliphatic heterocycles. The summed E-state index contributed by atoms with van der Waals surface area (Å²) in [5.74, 6) is -0.160. The van der Waals surface area contributed by atoms with Gasteiger partial charge < -0.3 is 20.7 Å². The van der Waals surface area contributed by atoms with Crippen molar-refractivity contribution < 1.29 is 14.3 Å². The van der Waals surface area contributed by atoms with Crippen molar-refractivity contribution in [1.82, 2.24) is 15.6 Å². The highest BCUT2D eigenvalue weighted by Crippen LogP contribution is 2.30. The number of rotatable bonds is 8. The fourth-order valence-corrected chi connectivity index (χ4v) is 4.13. The average molecular weight is 485 g/mol. The van der Waals surface area contributed by atoms with E-state index in [0.29, 0.717) is 16.6 Å². The van der Waals surface area contributed by atoms with Gasteiger partial charge >= 0.3 is 0 Å². The fourth-order valence-electron chi connectivity index (χ4n) is 3.39. The van der Waals surface area contributed by atoms with Crippen molar-refractivity contribution in [2.75, 3.05) is 39.2 Å². The molecule has 1 unspecified atom stereocenters. The van der Waals surface area contributed by atoms with Crippen LogP contribution in [0.3, 0.4) is 0 Å². The lowest BCUT2D eigenvalue weighted by molar-refractivity contribution is -0.121. The van der Waals surface area contributed by atoms with Gasteiger partial charge in [0.2, 0.25) is 5.91 Å². The highest BCUT2D eigenvalue weighted by Gasteiger charge is 2.17. The molecule has 1 aromatic heterocycles. The molecule has 34 heavy (non-hydrogen) atoms. The van der Waals surface area contributed by atoms with Gasteiger partial charge in [-0.2, -0.15) is 0 Å². The highest BCUT2D eigenvalue weighted by atomic mass is 32.1. The Labute approximate surface area is 206 Å². The summed E-state index contributed by atoms with van der Waals surface area (Å²) in [5, 5.41) is 10.6. The molecule has 1 atom stereocenters. The van der Waals surface area contributed by atoms with Crippen LogP contribution in [0.5, 0.6) is 0 Å². The number of carbonyl (C=O) groups excluding carboxylic acids is 2. The van der Waals surface area contributed by atoms with Crippen LogP contribution in [0.1, 0.15) is 44.6 Å². The lowest BCUT2D eigenvalue weighted by Crippen LogP contribution is -2.33. The Morgan fingerprint density at radius 1 is 1.29 bits per heavy atom. The largest absolute Gasteiger partial charge is 0.381 e. The smallest absolute Gasteiger partial charge is 0.251 e. The summed E-state index contributed by atoms with van der Waals surface area (Å²) in [6.45, 7) is 5.29. The molecule has 1 fully saturated rings. The minimum atomic E-state index is -0.308. The van der Waals surface area contributed by atoms with Crippen LogP contribution >= 0.6 is 11.3 Å². The second-order valence-electron chi connectivity index (χ2n) is 7.86. The molecule has 1 aliphatic rings. The number of hydrogen-bond donors (Lipinski definition) is 3. The summed E-state index contributed by atoms with van der Waals surface area (Å²) in [5.41, 5.74) is 3.64. The number of hydrogen-bond acceptors (Lipinski definition) is 6. The molecule has 2 aromatic rings. The van der Waals surface area contributed by atoms with Gasteiger partial charge in [0.25, 0.3) is 5.91 Å². The minimum Gasteiger partial charge on any atom is -0.381 e. The topological polar surface area (TPSA) is 92.4 Å². The van der Waals surface area contributed by atoms with Crippen molar-refractivity contribution in [3.8, 4) is 11.3 Å². The van der Waals surface area contributed by atoms with Gasteiger partial charge in [-0.15, -0.1) is 11.3 Å². The van der Waals surface area contributed by atoms with Crippen LogP contribution in [0.15, 0.2) is 53.4 Å². The van der Waals surface area contributed by atoms with Crippen LogP contribution in [-0.2, 0) is 14.3 Å². The number of amides is 2. The van der Waals surface area contributed by atoms with Gasteiger partial charge in [-0.1, -0.05) is 43.4 Å². The number of allylic oxidation sites excluding steroid dienone is 2. The Balaban J connectivity index is 0.00000129. The molecule has 0 spiro atoms. The van der Waals surface area contributed by atoms with Gasteiger partial charge in [0.15, 0.2) is 5.13 Å². The molecule has 2 heterocycles. The zero-order chi connectivity index (χ0) is 24.8. The van der Waals surface area contributed by atoms with Crippen LogP contribution in [0.4, 0.5) is 5.13 Å². The normalized spacial score (nSPS) is 16.0. The van der Waals surface area contributed by atoms with E-state index in [1.54, 1.807) is 19.1 Å². The van der Waals surface area contributed by atoms with E-state index in [1.807, 2.05) is 44.6 Å². The Hall–Kier alpha value is -2.81. The van der Waals surface area contributed by atoms with Gasteiger partial charge in [-0.25, -0.2) is 4.98 Å². The monoisotopic (exact) mass is 484 g/mol. The molecular weight excluding hydrogens is 448 g/mol. The molecule has 0 bridgehead atoms. The fraction of sp³-hybridized carbons (Fsp3) is 0.423. The first-order chi connectivity index (χ1) is 16.5. The Morgan fingerprint density at radius 3 is 2.76 bits per heavy atom. The van der Waals surface area contributed by atoms with E-state index in [2.05, 4.69) is 33.1 Å². The highest BCUT2D eigenvalue weighted by molar-refractivity contribution is 7.14. The molecule has 0 aliphatic carbocycles. The van der Waals surface area contributed by atoms with Gasteiger partial charge in [-0.05, 0) is 51.9 Å². The minimum absolute atomic E-state index is 0.109. The van der Waals surface area contributed by atoms with Crippen molar-refractivity contribution in [3.63, 3.8) is 0 Å². The summed E-state index contributed by atoms with van der Waals surface area (Å²) in [7, 11) is 3.75. The summed E-state index contributed by atoms with van der Waals surface area (Å²) < 4.78 is 5.61. The average Bonchev–Trinajstić information content (AvgIpc) is 3.33. The van der Waals surface area contributed by atoms with E-state index >= 15 is 0 Å². The van der Waals surface area contributed by atoms with E-state index in [1.165, 1.54) is 16.9 Å². The van der Waals surface area contributed by atoms with Crippen molar-refractivity contribution in [2.24, 2.45) is 0 Å². The van der Waals surface area contributed by atoms with Gasteiger partial charge in [0, 0.05) is 29.0 Å². The first kappa shape index (κ1) is 27.4. The van der Waals surface area contributed by atoms with E-state index in [-0.39, 0.29) is 18.4 Å². The summed E-state index contributed by atoms with van der Waals surface area (Å²) in [4.78, 5) is 28.9. The number of benzene rings is 1. The molecule has 1 aromatic carbocycles. The van der Waals surface area contributed by atoms with Crippen molar-refractivity contribution in [2.45, 2.75) is 39.0 Å². The maximum atomic E-state index is 12.2. The molecule has 184 valence electrons. The van der Waals surface area contributed by atoms with Crippen molar-refractivity contribution >= 4 is 28.3 Å². The van der Waals surface area contributed by atoms with Gasteiger partial charge in [0.1, 0.15) is 0 Å². The second-order valence-corrected chi connectivity index (χ2v) is 8.72. The van der Waals surface area contributed by atoms with Crippen molar-refractivity contribution in [3.05, 3.63) is 59.0 Å². The number of aromatic nitrogens is 1. The quantitative estimate of drug-likeness (QED) is 0.379. The third-order valence-corrected chi connectivity index (χ3v) is 5.84. The number of ether oxygens (including phenoxy) is 1. The van der Waals surface area contributed by atoms with Crippen LogP contribution in [-0.4, -0.2) is 50.7 Å². The van der Waals surface area contributed by atoms with E-state index in [4.69, 9.17) is 4.74 Å². The third kappa shape index (κ3) is 8.85. The third-order valence-electron chi connectivity index (χ3n) is 5.08. The zero-order valence-corrected chi connectivity index (χ0v) is 21.3. The van der Waals surface area contributed by atoms with Gasteiger partial charge in [0.05, 0.1) is 18.8 Å². The molecule has 0 saturated carbocycles. The van der Waals surface area contributed by atoms with Crippen molar-refractivity contribution in [1.29, 1.82) is 0 Å². The predicted octanol–water partition coefficient (Wildman–Crippen LogP) is 4.51. The summed E-state index contributed by atoms with van der Waals surface area (Å²) >= 11 is 1.37. The molecule has 3 N–H and O–H groups in total. The number of nitrogens with zero attached hydrogens (tertiary/aromatic N) is 1.